The van der Waals surface area contributed by atoms with Gasteiger partial charge in [-0.3, -0.25) is 10.1 Å². The van der Waals surface area contributed by atoms with Crippen molar-refractivity contribution in [3.63, 3.8) is 0 Å². The van der Waals surface area contributed by atoms with Crippen LogP contribution < -0.4 is 20.7 Å². The van der Waals surface area contributed by atoms with Crippen LogP contribution in [0.5, 0.6) is 5.75 Å². The van der Waals surface area contributed by atoms with Gasteiger partial charge in [0.25, 0.3) is 5.69 Å². The SMILES string of the molecule is O=C(Nc1ccc(C[C@@H](CO)NC[C@H](O)COc2ccccc2)cc1)Nc1ccc([N+](=O)[O-])cc1.O=C(O)C(F)(F)F. The van der Waals surface area contributed by atoms with Crippen LogP contribution in [-0.2, 0) is 11.2 Å². The Bertz CT molecular complexity index is 1280. The van der Waals surface area contributed by atoms with Gasteiger partial charge in [-0.2, -0.15) is 13.2 Å². The van der Waals surface area contributed by atoms with Gasteiger partial charge >= 0.3 is 18.2 Å². The van der Waals surface area contributed by atoms with Gasteiger partial charge in [0.15, 0.2) is 0 Å². The molecule has 3 aromatic rings. The number of aliphatic hydroxyl groups excluding tert-OH is 2. The van der Waals surface area contributed by atoms with Crippen LogP contribution in [0.25, 0.3) is 0 Å². The van der Waals surface area contributed by atoms with Crippen LogP contribution in [0, 0.1) is 10.1 Å². The van der Waals surface area contributed by atoms with Gasteiger partial charge in [0.05, 0.1) is 11.5 Å². The van der Waals surface area contributed by atoms with E-state index in [1.165, 1.54) is 24.3 Å². The predicted molar refractivity (Wildman–Crippen MR) is 146 cm³/mol. The van der Waals surface area contributed by atoms with Gasteiger partial charge in [0.1, 0.15) is 18.5 Å². The number of carbonyl (C=O) groups is 2. The Morgan fingerprint density at radius 1 is 0.929 bits per heavy atom. The number of halogens is 3. The summed E-state index contributed by atoms with van der Waals surface area (Å²) in [6, 6.07) is 21.2. The van der Waals surface area contributed by atoms with E-state index in [1.807, 2.05) is 42.5 Å². The first-order valence-corrected chi connectivity index (χ1v) is 12.3. The number of para-hydroxylation sites is 1. The molecular formula is C27H29F3N4O8. The quantitative estimate of drug-likeness (QED) is 0.134. The van der Waals surface area contributed by atoms with Gasteiger partial charge < -0.3 is 36.0 Å². The summed E-state index contributed by atoms with van der Waals surface area (Å²) in [5, 5.41) is 46.1. The third-order valence-electron chi connectivity index (χ3n) is 5.32. The number of carboxylic acids is 1. The fraction of sp³-hybridized carbons (Fsp3) is 0.259. The number of benzene rings is 3. The van der Waals surface area contributed by atoms with Crippen LogP contribution >= 0.6 is 0 Å². The predicted octanol–water partition coefficient (Wildman–Crippen LogP) is 3.81. The maximum absolute atomic E-state index is 12.2. The lowest BCUT2D eigenvalue weighted by Gasteiger charge is -2.19. The first-order chi connectivity index (χ1) is 19.9. The van der Waals surface area contributed by atoms with Gasteiger partial charge in [-0.05, 0) is 48.4 Å². The number of carboxylic acid groups (broad SMARTS) is 1. The molecule has 0 heterocycles. The Hall–Kier alpha value is -4.73. The van der Waals surface area contributed by atoms with Gasteiger partial charge in [0, 0.05) is 36.1 Å². The van der Waals surface area contributed by atoms with Gasteiger partial charge in [-0.15, -0.1) is 0 Å². The number of anilines is 2. The minimum atomic E-state index is -5.08. The van der Waals surface area contributed by atoms with Crippen LogP contribution in [0.1, 0.15) is 5.56 Å². The van der Waals surface area contributed by atoms with E-state index >= 15 is 0 Å². The van der Waals surface area contributed by atoms with E-state index in [2.05, 4.69) is 16.0 Å². The molecule has 12 nitrogen and oxygen atoms in total. The molecule has 15 heteroatoms. The van der Waals surface area contributed by atoms with Crippen molar-refractivity contribution in [2.75, 3.05) is 30.4 Å². The third kappa shape index (κ3) is 12.6. The van der Waals surface area contributed by atoms with E-state index in [0.717, 1.165) is 5.56 Å². The van der Waals surface area contributed by atoms with E-state index in [-0.39, 0.29) is 31.5 Å². The fourth-order valence-electron chi connectivity index (χ4n) is 3.24. The molecule has 42 heavy (non-hydrogen) atoms. The second-order valence-corrected chi connectivity index (χ2v) is 8.65. The minimum Gasteiger partial charge on any atom is -0.491 e. The van der Waals surface area contributed by atoms with Gasteiger partial charge in [-0.25, -0.2) is 9.59 Å². The average molecular weight is 595 g/mol. The Balaban J connectivity index is 0.000000782. The number of aliphatic hydroxyl groups is 2. The van der Waals surface area contributed by atoms with Crippen LogP contribution in [0.4, 0.5) is 35.0 Å². The number of nitrogens with one attached hydrogen (secondary N) is 3. The number of non-ortho nitro benzene ring substituents is 1. The molecule has 2 atom stereocenters. The van der Waals surface area contributed by atoms with Crippen molar-refractivity contribution in [1.29, 1.82) is 0 Å². The maximum Gasteiger partial charge on any atom is 0.490 e. The lowest BCUT2D eigenvalue weighted by atomic mass is 10.1. The second-order valence-electron chi connectivity index (χ2n) is 8.65. The first kappa shape index (κ1) is 33.5. The lowest BCUT2D eigenvalue weighted by molar-refractivity contribution is -0.384. The van der Waals surface area contributed by atoms with Crippen molar-refractivity contribution in [3.8, 4) is 5.75 Å². The minimum absolute atomic E-state index is 0.0581. The largest absolute Gasteiger partial charge is 0.491 e. The molecule has 0 radical (unpaired) electrons. The number of nitro benzene ring substituents is 1. The molecule has 0 bridgehead atoms. The topological polar surface area (TPSA) is 183 Å². The average Bonchev–Trinajstić information content (AvgIpc) is 2.95. The van der Waals surface area contributed by atoms with Crippen molar-refractivity contribution in [2.24, 2.45) is 0 Å². The van der Waals surface area contributed by atoms with E-state index in [1.54, 1.807) is 12.1 Å². The van der Waals surface area contributed by atoms with Crippen LogP contribution in [0.15, 0.2) is 78.9 Å². The summed E-state index contributed by atoms with van der Waals surface area (Å²) in [4.78, 5) is 31.3. The Labute approximate surface area is 237 Å². The molecule has 0 aliphatic rings. The Kier molecular flexibility index (Phi) is 13.2. The second kappa shape index (κ2) is 16.5. The molecule has 0 aliphatic carbocycles. The molecule has 0 spiro atoms. The fourth-order valence-corrected chi connectivity index (χ4v) is 3.24. The highest BCUT2D eigenvalue weighted by Gasteiger charge is 2.38. The van der Waals surface area contributed by atoms with E-state index in [4.69, 9.17) is 14.6 Å². The van der Waals surface area contributed by atoms with Crippen LogP contribution in [0.3, 0.4) is 0 Å². The molecule has 226 valence electrons. The lowest BCUT2D eigenvalue weighted by Crippen LogP contribution is -2.41. The third-order valence-corrected chi connectivity index (χ3v) is 5.32. The number of hydrogen-bond donors (Lipinski definition) is 6. The molecule has 2 amide bonds. The summed E-state index contributed by atoms with van der Waals surface area (Å²) in [6.45, 7) is 0.294. The van der Waals surface area contributed by atoms with Gasteiger partial charge in [-0.1, -0.05) is 30.3 Å². The van der Waals surface area contributed by atoms with E-state index < -0.39 is 29.2 Å². The number of nitro groups is 1. The summed E-state index contributed by atoms with van der Waals surface area (Å²) in [7, 11) is 0. The zero-order valence-corrected chi connectivity index (χ0v) is 22.0. The van der Waals surface area contributed by atoms with E-state index in [0.29, 0.717) is 23.5 Å². The van der Waals surface area contributed by atoms with Crippen LogP contribution in [0.2, 0.25) is 0 Å². The molecule has 6 N–H and O–H groups in total. The number of aliphatic carboxylic acids is 1. The number of amides is 2. The summed E-state index contributed by atoms with van der Waals surface area (Å²) in [5.74, 6) is -2.08. The van der Waals surface area contributed by atoms with Gasteiger partial charge in [0.2, 0.25) is 0 Å². The number of ether oxygens (including phenoxy) is 1. The molecule has 0 saturated carbocycles. The smallest absolute Gasteiger partial charge is 0.490 e. The number of nitrogens with zero attached hydrogens (tertiary/aromatic N) is 1. The summed E-state index contributed by atoms with van der Waals surface area (Å²) < 4.78 is 37.3. The highest BCUT2D eigenvalue weighted by atomic mass is 19.4. The molecule has 0 aliphatic heterocycles. The van der Waals surface area contributed by atoms with Crippen LogP contribution in [-0.4, -0.2) is 70.3 Å². The number of urea groups is 1. The molecule has 0 unspecified atom stereocenters. The Morgan fingerprint density at radius 2 is 1.45 bits per heavy atom. The summed E-state index contributed by atoms with van der Waals surface area (Å²) in [5.41, 5.74) is 1.87. The standard InChI is InChI=1S/C25H28N4O6.C2HF3O2/c30-16-21(26-15-23(31)17-35-24-4-2-1-3-5-24)14-18-6-8-19(9-7-18)27-25(32)28-20-10-12-22(13-11-20)29(33)34;3-2(4,5)1(6)7/h1-13,21,23,26,30-31H,14-17H2,(H2,27,28,32);(H,6,7)/t21-,23-;/m0./s1. The number of carbonyl (C=O) groups excluding carboxylic acids is 1. The maximum atomic E-state index is 12.2. The van der Waals surface area contributed by atoms with Crippen molar-refractivity contribution in [1.82, 2.24) is 5.32 Å². The molecular weight excluding hydrogens is 565 g/mol. The molecule has 0 aromatic heterocycles. The van der Waals surface area contributed by atoms with Crippen molar-refractivity contribution in [2.45, 2.75) is 24.7 Å². The zero-order chi connectivity index (χ0) is 31.1. The normalized spacial score (nSPS) is 12.2. The van der Waals surface area contributed by atoms with Crippen molar-refractivity contribution < 1.29 is 47.7 Å². The highest BCUT2D eigenvalue weighted by Crippen LogP contribution is 2.17. The van der Waals surface area contributed by atoms with E-state index in [9.17, 15) is 38.3 Å². The first-order valence-electron chi connectivity index (χ1n) is 12.3. The summed E-state index contributed by atoms with van der Waals surface area (Å²) in [6.07, 6.45) is -5.29. The number of hydrogen-bond acceptors (Lipinski definition) is 8. The van der Waals surface area contributed by atoms with Crippen molar-refractivity contribution in [3.05, 3.63) is 94.5 Å². The molecule has 3 aromatic carbocycles. The number of rotatable bonds is 12. The van der Waals surface area contributed by atoms with Crippen molar-refractivity contribution >= 4 is 29.1 Å². The number of alkyl halides is 3. The monoisotopic (exact) mass is 594 g/mol. The Morgan fingerprint density at radius 3 is 1.93 bits per heavy atom. The molecule has 0 saturated heterocycles. The molecule has 3 rings (SSSR count). The highest BCUT2D eigenvalue weighted by molar-refractivity contribution is 5.99. The summed E-state index contributed by atoms with van der Waals surface area (Å²) >= 11 is 0. The molecule has 0 fully saturated rings. The zero-order valence-electron chi connectivity index (χ0n) is 22.0.